The van der Waals surface area contributed by atoms with Crippen molar-refractivity contribution in [3.63, 3.8) is 0 Å². The van der Waals surface area contributed by atoms with Crippen LogP contribution in [-0.2, 0) is 14.3 Å². The molecule has 0 amide bonds. The van der Waals surface area contributed by atoms with Gasteiger partial charge in [0.1, 0.15) is 11.8 Å². The van der Waals surface area contributed by atoms with Gasteiger partial charge < -0.3 is 14.4 Å². The summed E-state index contributed by atoms with van der Waals surface area (Å²) < 4.78 is 10.6. The summed E-state index contributed by atoms with van der Waals surface area (Å²) in [4.78, 5) is 27.4. The number of hydrogen-bond donors (Lipinski definition) is 0. The molecular formula is C32H33N5O3. The lowest BCUT2D eigenvalue weighted by Crippen LogP contribution is -2.48. The molecule has 5 rings (SSSR count). The Balaban J connectivity index is 1.44. The Morgan fingerprint density at radius 3 is 1.98 bits per heavy atom. The average molecular weight is 536 g/mol. The fraction of sp³-hybridized carbons (Fsp3) is 0.312. The van der Waals surface area contributed by atoms with E-state index in [1.807, 2.05) is 36.4 Å². The quantitative estimate of drug-likeness (QED) is 0.284. The van der Waals surface area contributed by atoms with E-state index in [1.165, 1.54) is 11.1 Å². The van der Waals surface area contributed by atoms with E-state index in [4.69, 9.17) is 19.4 Å². The zero-order chi connectivity index (χ0) is 27.9. The van der Waals surface area contributed by atoms with Crippen LogP contribution in [0.5, 0.6) is 0 Å². The van der Waals surface area contributed by atoms with Crippen LogP contribution in [-0.4, -0.2) is 66.8 Å². The smallest absolute Gasteiger partial charge is 0.330 e. The van der Waals surface area contributed by atoms with E-state index in [2.05, 4.69) is 64.4 Å². The Kier molecular flexibility index (Phi) is 8.65. The van der Waals surface area contributed by atoms with Gasteiger partial charge in [0, 0.05) is 33.3 Å². The first-order valence-electron chi connectivity index (χ1n) is 13.5. The number of hydrogen-bond acceptors (Lipinski definition) is 8. The van der Waals surface area contributed by atoms with Crippen LogP contribution < -0.4 is 4.90 Å². The minimum Gasteiger partial charge on any atom is -0.459 e. The Morgan fingerprint density at radius 2 is 1.43 bits per heavy atom. The molecule has 1 saturated heterocycles. The molecule has 4 aromatic rings. The van der Waals surface area contributed by atoms with Crippen LogP contribution in [0.3, 0.4) is 0 Å². The molecule has 40 heavy (non-hydrogen) atoms. The van der Waals surface area contributed by atoms with Crippen molar-refractivity contribution in [2.45, 2.75) is 25.0 Å². The molecule has 3 aromatic carbocycles. The van der Waals surface area contributed by atoms with E-state index < -0.39 is 18.0 Å². The summed E-state index contributed by atoms with van der Waals surface area (Å²) in [5, 5.41) is 10.1. The maximum Gasteiger partial charge on any atom is 0.330 e. The van der Waals surface area contributed by atoms with Gasteiger partial charge in [-0.15, -0.1) is 0 Å². The van der Waals surface area contributed by atoms with Gasteiger partial charge in [0.2, 0.25) is 0 Å². The normalized spacial score (nSPS) is 15.5. The number of methoxy groups -OCH3 is 1. The predicted molar refractivity (Wildman–Crippen MR) is 154 cm³/mol. The molecule has 1 aromatic heterocycles. The van der Waals surface area contributed by atoms with Gasteiger partial charge in [0.15, 0.2) is 11.7 Å². The number of anilines is 1. The number of fused-ring (bicyclic) bond motifs is 1. The molecule has 0 radical (unpaired) electrons. The van der Waals surface area contributed by atoms with Gasteiger partial charge in [-0.25, -0.2) is 9.97 Å². The van der Waals surface area contributed by atoms with Crippen LogP contribution in [0.25, 0.3) is 11.0 Å². The first-order chi connectivity index (χ1) is 19.6. The number of nitriles is 1. The van der Waals surface area contributed by atoms with Crippen LogP contribution >= 0.6 is 0 Å². The minimum absolute atomic E-state index is 0.121. The van der Waals surface area contributed by atoms with Gasteiger partial charge in [0.25, 0.3) is 0 Å². The number of benzene rings is 3. The van der Waals surface area contributed by atoms with Crippen LogP contribution in [0.4, 0.5) is 5.82 Å². The molecule has 0 saturated carbocycles. The van der Waals surface area contributed by atoms with Crippen molar-refractivity contribution >= 4 is 22.8 Å². The first kappa shape index (κ1) is 27.3. The van der Waals surface area contributed by atoms with Gasteiger partial charge in [-0.1, -0.05) is 72.8 Å². The maximum atomic E-state index is 13.1. The van der Waals surface area contributed by atoms with E-state index in [1.54, 1.807) is 14.0 Å². The average Bonchev–Trinajstić information content (AvgIpc) is 2.99. The van der Waals surface area contributed by atoms with Crippen molar-refractivity contribution in [1.82, 2.24) is 14.9 Å². The monoisotopic (exact) mass is 535 g/mol. The number of ether oxygens (including phenoxy) is 2. The Hall–Kier alpha value is -4.32. The molecule has 1 fully saturated rings. The first-order valence-corrected chi connectivity index (χ1v) is 13.5. The molecule has 1 aliphatic rings. The molecule has 204 valence electrons. The number of piperazine rings is 1. The Morgan fingerprint density at radius 1 is 0.875 bits per heavy atom. The van der Waals surface area contributed by atoms with E-state index in [0.717, 1.165) is 13.1 Å². The molecule has 1 aliphatic heterocycles. The van der Waals surface area contributed by atoms with E-state index in [9.17, 15) is 10.1 Å². The van der Waals surface area contributed by atoms with Crippen molar-refractivity contribution in [3.8, 4) is 6.07 Å². The van der Waals surface area contributed by atoms with Crippen LogP contribution in [0.15, 0.2) is 84.9 Å². The molecular weight excluding hydrogens is 502 g/mol. The molecule has 0 N–H and O–H groups in total. The lowest BCUT2D eigenvalue weighted by Gasteiger charge is -2.40. The number of aromatic nitrogens is 2. The standard InChI is InChI=1S/C32H33N5O3/c1-23(22-39-2)40-32(38)26(21-33)29-31(35-28-16-10-9-15-27(28)34-29)37-19-17-36(18-20-37)30(24-11-5-3-6-12-24)25-13-7-4-8-14-25/h3-16,23,26,30H,17-20,22H2,1-2H3/t23-,26-/m1/s1. The summed E-state index contributed by atoms with van der Waals surface area (Å²) in [6.45, 7) is 4.86. The van der Waals surface area contributed by atoms with Crippen molar-refractivity contribution in [2.24, 2.45) is 0 Å². The number of para-hydroxylation sites is 2. The van der Waals surface area contributed by atoms with Crippen molar-refractivity contribution in [2.75, 3.05) is 44.8 Å². The molecule has 0 unspecified atom stereocenters. The number of carbonyl (C=O) groups excluding carboxylic acids is 1. The minimum atomic E-state index is -1.20. The third kappa shape index (κ3) is 5.96. The highest BCUT2D eigenvalue weighted by molar-refractivity contribution is 5.85. The zero-order valence-corrected chi connectivity index (χ0v) is 22.8. The van der Waals surface area contributed by atoms with E-state index >= 15 is 0 Å². The molecule has 0 bridgehead atoms. The number of carbonyl (C=O) groups is 1. The highest BCUT2D eigenvalue weighted by Gasteiger charge is 2.33. The second-order valence-corrected chi connectivity index (χ2v) is 9.93. The Labute approximate surface area is 234 Å². The van der Waals surface area contributed by atoms with Gasteiger partial charge >= 0.3 is 5.97 Å². The van der Waals surface area contributed by atoms with Gasteiger partial charge in [0.05, 0.1) is 29.8 Å². The molecule has 0 aliphatic carbocycles. The number of esters is 1. The lowest BCUT2D eigenvalue weighted by atomic mass is 9.96. The highest BCUT2D eigenvalue weighted by Crippen LogP contribution is 2.33. The third-order valence-electron chi connectivity index (χ3n) is 7.14. The molecule has 2 atom stereocenters. The summed E-state index contributed by atoms with van der Waals surface area (Å²) in [5.41, 5.74) is 4.16. The summed E-state index contributed by atoms with van der Waals surface area (Å²) in [5.74, 6) is -1.30. The van der Waals surface area contributed by atoms with Gasteiger partial charge in [-0.2, -0.15) is 5.26 Å². The second kappa shape index (κ2) is 12.7. The SMILES string of the molecule is COC[C@@H](C)OC(=O)[C@H](C#N)c1nc2ccccc2nc1N1CCN(C(c2ccccc2)c2ccccc2)CC1. The van der Waals surface area contributed by atoms with Gasteiger partial charge in [-0.05, 0) is 30.2 Å². The van der Waals surface area contributed by atoms with Crippen LogP contribution in [0, 0.1) is 11.3 Å². The largest absolute Gasteiger partial charge is 0.459 e. The third-order valence-corrected chi connectivity index (χ3v) is 7.14. The topological polar surface area (TPSA) is 91.6 Å². The van der Waals surface area contributed by atoms with Crippen LogP contribution in [0.2, 0.25) is 0 Å². The van der Waals surface area contributed by atoms with E-state index in [-0.39, 0.29) is 12.6 Å². The fourth-order valence-corrected chi connectivity index (χ4v) is 5.27. The van der Waals surface area contributed by atoms with Gasteiger partial charge in [-0.3, -0.25) is 9.69 Å². The van der Waals surface area contributed by atoms with E-state index in [0.29, 0.717) is 35.6 Å². The summed E-state index contributed by atoms with van der Waals surface area (Å²) in [7, 11) is 1.54. The Bertz CT molecular complexity index is 1430. The second-order valence-electron chi connectivity index (χ2n) is 9.93. The number of rotatable bonds is 9. The fourth-order valence-electron chi connectivity index (χ4n) is 5.27. The summed E-state index contributed by atoms with van der Waals surface area (Å²) >= 11 is 0. The number of nitrogens with zero attached hydrogens (tertiary/aromatic N) is 5. The maximum absolute atomic E-state index is 13.1. The van der Waals surface area contributed by atoms with Crippen molar-refractivity contribution < 1.29 is 14.3 Å². The predicted octanol–water partition coefficient (Wildman–Crippen LogP) is 4.73. The molecule has 2 heterocycles. The van der Waals surface area contributed by atoms with Crippen molar-refractivity contribution in [3.05, 3.63) is 102 Å². The van der Waals surface area contributed by atoms with Crippen molar-refractivity contribution in [1.29, 1.82) is 5.26 Å². The lowest BCUT2D eigenvalue weighted by molar-refractivity contribution is -0.150. The zero-order valence-electron chi connectivity index (χ0n) is 22.8. The summed E-state index contributed by atoms with van der Waals surface area (Å²) in [6, 6.07) is 30.8. The molecule has 0 spiro atoms. The molecule has 8 nitrogen and oxygen atoms in total. The van der Waals surface area contributed by atoms with Crippen LogP contribution in [0.1, 0.15) is 35.7 Å². The summed E-state index contributed by atoms with van der Waals surface area (Å²) in [6.07, 6.45) is -0.485. The molecule has 8 heteroatoms. The highest BCUT2D eigenvalue weighted by atomic mass is 16.6.